The van der Waals surface area contributed by atoms with Crippen LogP contribution in [0.15, 0.2) is 48.8 Å². The summed E-state index contributed by atoms with van der Waals surface area (Å²) >= 11 is 0. The van der Waals surface area contributed by atoms with Crippen LogP contribution in [0.2, 0.25) is 0 Å². The minimum Gasteiger partial charge on any atom is -0.493 e. The second-order valence-corrected chi connectivity index (χ2v) is 9.05. The summed E-state index contributed by atoms with van der Waals surface area (Å²) in [6, 6.07) is 12.6. The molecule has 0 spiro atoms. The first-order chi connectivity index (χ1) is 17.2. The largest absolute Gasteiger partial charge is 0.493 e. The van der Waals surface area contributed by atoms with Crippen molar-refractivity contribution in [1.82, 2.24) is 9.97 Å². The minimum atomic E-state index is 0.0931. The number of aromatic amines is 1. The molecule has 0 fully saturated rings. The molecule has 3 heterocycles. The fraction of sp³-hybridized carbons (Fsp3) is 0.214. The lowest BCUT2D eigenvalue weighted by Gasteiger charge is -2.32. The van der Waals surface area contributed by atoms with E-state index in [9.17, 15) is 0 Å². The summed E-state index contributed by atoms with van der Waals surface area (Å²) < 4.78 is 25.5. The number of fused-ring (bicyclic) bond motifs is 8. The van der Waals surface area contributed by atoms with Crippen molar-refractivity contribution < 1.29 is 23.5 Å². The van der Waals surface area contributed by atoms with Crippen LogP contribution in [0.1, 0.15) is 34.2 Å². The molecule has 3 aliphatic rings. The molecule has 7 heteroatoms. The third kappa shape index (κ3) is 2.78. The van der Waals surface area contributed by atoms with E-state index < -0.39 is 0 Å². The number of nitrogens with zero attached hydrogens (tertiary/aromatic N) is 2. The number of methoxy groups -OCH3 is 2. The van der Waals surface area contributed by atoms with Crippen molar-refractivity contribution in [1.29, 1.82) is 0 Å². The fourth-order valence-corrected chi connectivity index (χ4v) is 5.79. The highest BCUT2D eigenvalue weighted by Crippen LogP contribution is 2.53. The van der Waals surface area contributed by atoms with Crippen LogP contribution in [0.3, 0.4) is 0 Å². The van der Waals surface area contributed by atoms with Gasteiger partial charge in [0, 0.05) is 11.1 Å². The number of likely N-dealkylation sites (N-methyl/N-ethyl adjacent to an activating group) is 1. The number of benzene rings is 3. The van der Waals surface area contributed by atoms with E-state index in [2.05, 4.69) is 70.3 Å². The number of imidazole rings is 1. The Bertz CT molecular complexity index is 1580. The number of rotatable bonds is 3. The van der Waals surface area contributed by atoms with Crippen molar-refractivity contribution in [3.8, 4) is 34.1 Å². The van der Waals surface area contributed by atoms with Crippen LogP contribution >= 0.6 is 0 Å². The van der Waals surface area contributed by atoms with E-state index in [0.717, 1.165) is 50.5 Å². The van der Waals surface area contributed by atoms with Crippen molar-refractivity contribution in [2.75, 3.05) is 28.1 Å². The monoisotopic (exact) mass is 466 g/mol. The summed E-state index contributed by atoms with van der Waals surface area (Å²) in [5.41, 5.74) is 8.58. The van der Waals surface area contributed by atoms with Crippen LogP contribution < -0.4 is 18.9 Å². The van der Waals surface area contributed by atoms with Gasteiger partial charge >= 0.3 is 0 Å². The first-order valence-electron chi connectivity index (χ1n) is 11.6. The van der Waals surface area contributed by atoms with Crippen molar-refractivity contribution in [2.45, 2.75) is 12.0 Å². The van der Waals surface area contributed by atoms with Crippen molar-refractivity contribution in [2.24, 2.45) is 0 Å². The van der Waals surface area contributed by atoms with Gasteiger partial charge in [0.2, 0.25) is 6.79 Å². The van der Waals surface area contributed by atoms with E-state index in [1.807, 2.05) is 6.07 Å². The summed E-state index contributed by atoms with van der Waals surface area (Å²) in [6.07, 6.45) is 8.39. The average Bonchev–Trinajstić information content (AvgIpc) is 3.56. The lowest BCUT2D eigenvalue weighted by Crippen LogP contribution is -2.30. The molecular formula is C28H24N3O4+. The van der Waals surface area contributed by atoms with E-state index in [1.165, 1.54) is 11.1 Å². The molecule has 0 saturated heterocycles. The topological polar surface area (TPSA) is 68.6 Å². The molecule has 4 aromatic rings. The number of hydrogen-bond acceptors (Lipinski definition) is 5. The Morgan fingerprint density at radius 3 is 2.80 bits per heavy atom. The van der Waals surface area contributed by atoms with Crippen molar-refractivity contribution >= 4 is 23.3 Å². The predicted octanol–water partition coefficient (Wildman–Crippen LogP) is 4.90. The second kappa shape index (κ2) is 7.37. The molecule has 174 valence electrons. The summed E-state index contributed by atoms with van der Waals surface area (Å²) in [7, 11) is 5.49. The van der Waals surface area contributed by atoms with Crippen LogP contribution in [0, 0.1) is 0 Å². The Balaban J connectivity index is 1.47. The zero-order chi connectivity index (χ0) is 23.7. The molecule has 1 N–H and O–H groups in total. The zero-order valence-electron chi connectivity index (χ0n) is 19.7. The highest BCUT2D eigenvalue weighted by molar-refractivity contribution is 5.91. The Morgan fingerprint density at radius 2 is 1.94 bits per heavy atom. The van der Waals surface area contributed by atoms with E-state index in [0.29, 0.717) is 5.75 Å². The van der Waals surface area contributed by atoms with Gasteiger partial charge in [-0.1, -0.05) is 24.3 Å². The van der Waals surface area contributed by atoms with E-state index in [1.54, 1.807) is 20.5 Å². The first-order valence-corrected chi connectivity index (χ1v) is 11.6. The van der Waals surface area contributed by atoms with Gasteiger partial charge in [0.25, 0.3) is 0 Å². The Labute approximate surface area is 202 Å². The lowest BCUT2D eigenvalue weighted by molar-refractivity contribution is -0.544. The van der Waals surface area contributed by atoms with Gasteiger partial charge in [-0.2, -0.15) is 0 Å². The maximum atomic E-state index is 5.91. The normalized spacial score (nSPS) is 19.1. The van der Waals surface area contributed by atoms with Gasteiger partial charge in [-0.3, -0.25) is 0 Å². The average molecular weight is 467 g/mol. The standard InChI is InChI=1S/C28H24N3O4/c1-31-12-20-16(7-9-23-27(20)35-14-34-23)18-6-5-17-19(26(18)31)11-24(32-2)28(33-3)25(17)15-4-8-21-22(10-15)30-13-29-21/h4-13,18,26H,14H2,1-3H3,(H,29,30)/q+1. The molecule has 0 saturated carbocycles. The van der Waals surface area contributed by atoms with Gasteiger partial charge in [-0.25, -0.2) is 9.56 Å². The number of ether oxygens (including phenoxy) is 4. The third-order valence-corrected chi connectivity index (χ3v) is 7.32. The smallest absolute Gasteiger partial charge is 0.231 e. The Hall–Kier alpha value is -4.26. The molecule has 7 nitrogen and oxygen atoms in total. The molecule has 3 aromatic carbocycles. The quantitative estimate of drug-likeness (QED) is 0.435. The van der Waals surface area contributed by atoms with Crippen molar-refractivity contribution in [3.05, 3.63) is 71.1 Å². The number of aromatic nitrogens is 2. The predicted molar refractivity (Wildman–Crippen MR) is 133 cm³/mol. The van der Waals surface area contributed by atoms with Gasteiger partial charge < -0.3 is 23.9 Å². The van der Waals surface area contributed by atoms with Crippen LogP contribution in [0.5, 0.6) is 23.0 Å². The molecule has 2 atom stereocenters. The molecular weight excluding hydrogens is 442 g/mol. The number of hydrogen-bond donors (Lipinski definition) is 1. The van der Waals surface area contributed by atoms with Gasteiger partial charge in [-0.05, 0) is 41.0 Å². The van der Waals surface area contributed by atoms with E-state index >= 15 is 0 Å². The highest BCUT2D eigenvalue weighted by atomic mass is 16.7. The van der Waals surface area contributed by atoms with Crippen LogP contribution in [0.4, 0.5) is 0 Å². The second-order valence-electron chi connectivity index (χ2n) is 9.05. The molecule has 1 aromatic heterocycles. The molecule has 0 bridgehead atoms. The van der Waals surface area contributed by atoms with Gasteiger partial charge in [0.05, 0.1) is 43.1 Å². The minimum absolute atomic E-state index is 0.0931. The maximum absolute atomic E-state index is 5.91. The summed E-state index contributed by atoms with van der Waals surface area (Å²) in [5.74, 6) is 3.21. The van der Waals surface area contributed by atoms with Crippen LogP contribution in [-0.4, -0.2) is 48.8 Å². The molecule has 35 heavy (non-hydrogen) atoms. The van der Waals surface area contributed by atoms with Crippen molar-refractivity contribution in [3.63, 3.8) is 0 Å². The fourth-order valence-electron chi connectivity index (χ4n) is 5.79. The lowest BCUT2D eigenvalue weighted by atomic mass is 9.75. The summed E-state index contributed by atoms with van der Waals surface area (Å²) in [6.45, 7) is 0.261. The van der Waals surface area contributed by atoms with Gasteiger partial charge in [0.15, 0.2) is 35.3 Å². The molecule has 0 amide bonds. The molecule has 2 unspecified atom stereocenters. The Morgan fingerprint density at radius 1 is 1.03 bits per heavy atom. The first kappa shape index (κ1) is 20.1. The SMILES string of the molecule is COc1cc2c(c(-c3ccc4[nH]cnc4c3)c1OC)C=CC1c3ccc4c(c3C=[N+](C)C21)OCO4. The Kier molecular flexibility index (Phi) is 4.24. The maximum Gasteiger partial charge on any atom is 0.231 e. The molecule has 7 rings (SSSR count). The molecule has 1 aliphatic carbocycles. The molecule has 2 aliphatic heterocycles. The number of H-pyrrole nitrogens is 1. The highest BCUT2D eigenvalue weighted by Gasteiger charge is 2.42. The zero-order valence-corrected chi connectivity index (χ0v) is 19.7. The van der Waals surface area contributed by atoms with Gasteiger partial charge in [-0.15, -0.1) is 0 Å². The van der Waals surface area contributed by atoms with Crippen LogP contribution in [-0.2, 0) is 0 Å². The molecule has 0 radical (unpaired) electrons. The summed E-state index contributed by atoms with van der Waals surface area (Å²) in [5, 5.41) is 0. The van der Waals surface area contributed by atoms with E-state index in [4.69, 9.17) is 18.9 Å². The van der Waals surface area contributed by atoms with E-state index in [-0.39, 0.29) is 18.8 Å². The third-order valence-electron chi connectivity index (χ3n) is 7.32. The van der Waals surface area contributed by atoms with Gasteiger partial charge in [0.1, 0.15) is 7.05 Å². The summed E-state index contributed by atoms with van der Waals surface area (Å²) in [4.78, 5) is 7.64. The number of nitrogens with one attached hydrogen (secondary N) is 1. The van der Waals surface area contributed by atoms with Crippen LogP contribution in [0.25, 0.3) is 28.2 Å².